The zero-order valence-electron chi connectivity index (χ0n) is 12.7. The van der Waals surface area contributed by atoms with Gasteiger partial charge in [-0.15, -0.1) is 0 Å². The number of fused-ring (bicyclic) bond motifs is 1. The molecule has 0 aliphatic rings. The van der Waals surface area contributed by atoms with Crippen LogP contribution in [-0.2, 0) is 23.7 Å². The topological polar surface area (TPSA) is 81.3 Å². The Labute approximate surface area is 133 Å². The summed E-state index contributed by atoms with van der Waals surface area (Å²) in [7, 11) is -2.36. The van der Waals surface area contributed by atoms with Crippen LogP contribution in [0.3, 0.4) is 0 Å². The van der Waals surface area contributed by atoms with Gasteiger partial charge in [0, 0.05) is 30.4 Å². The van der Waals surface area contributed by atoms with Crippen LogP contribution in [0.2, 0.25) is 0 Å². The van der Waals surface area contributed by atoms with Crippen LogP contribution in [0.4, 0.5) is 0 Å². The summed E-state index contributed by atoms with van der Waals surface area (Å²) in [6, 6.07) is 7.97. The molecule has 7 heteroatoms. The lowest BCUT2D eigenvalue weighted by Gasteiger charge is -2.09. The predicted octanol–water partition coefficient (Wildman–Crippen LogP) is 1.38. The van der Waals surface area contributed by atoms with E-state index in [1.165, 1.54) is 42.2 Å². The first-order valence-electron chi connectivity index (χ1n) is 6.99. The number of rotatable bonds is 3. The minimum absolute atomic E-state index is 0.0413. The van der Waals surface area contributed by atoms with E-state index in [-0.39, 0.29) is 17.0 Å². The monoisotopic (exact) mass is 332 g/mol. The minimum Gasteiger partial charge on any atom is -0.392 e. The zero-order chi connectivity index (χ0) is 16.8. The maximum Gasteiger partial charge on any atom is 0.275 e. The molecule has 0 radical (unpaired) electrons. The van der Waals surface area contributed by atoms with Gasteiger partial charge in [-0.3, -0.25) is 4.79 Å². The summed E-state index contributed by atoms with van der Waals surface area (Å²) in [6.45, 7) is 1.59. The molecule has 3 rings (SSSR count). The van der Waals surface area contributed by atoms with E-state index >= 15 is 0 Å². The number of aryl methyl sites for hydroxylation is 2. The maximum absolute atomic E-state index is 12.8. The lowest BCUT2D eigenvalue weighted by molar-refractivity contribution is 0.282. The molecule has 0 saturated carbocycles. The van der Waals surface area contributed by atoms with Crippen molar-refractivity contribution in [2.45, 2.75) is 18.4 Å². The molecular formula is C16H16N2O4S. The van der Waals surface area contributed by atoms with E-state index in [1.54, 1.807) is 12.1 Å². The van der Waals surface area contributed by atoms with Gasteiger partial charge in [-0.2, -0.15) is 0 Å². The largest absolute Gasteiger partial charge is 0.392 e. The van der Waals surface area contributed by atoms with E-state index < -0.39 is 15.6 Å². The second-order valence-corrected chi connectivity index (χ2v) is 7.24. The SMILES string of the molecule is Cc1ccc(S(=O)(=O)n2ccc3c(CO)cn(C)c(=O)c32)cc1. The average Bonchev–Trinajstić information content (AvgIpc) is 2.97. The number of aliphatic hydroxyl groups excluding tert-OH is 1. The molecule has 120 valence electrons. The lowest BCUT2D eigenvalue weighted by atomic mass is 10.2. The zero-order valence-corrected chi connectivity index (χ0v) is 13.5. The quantitative estimate of drug-likeness (QED) is 0.785. The smallest absolute Gasteiger partial charge is 0.275 e. The fraction of sp³-hybridized carbons (Fsp3) is 0.188. The van der Waals surface area contributed by atoms with Gasteiger partial charge in [0.25, 0.3) is 15.6 Å². The van der Waals surface area contributed by atoms with Crippen molar-refractivity contribution in [1.29, 1.82) is 0 Å². The van der Waals surface area contributed by atoms with Gasteiger partial charge in [-0.25, -0.2) is 12.4 Å². The molecule has 2 aromatic heterocycles. The summed E-state index contributed by atoms with van der Waals surface area (Å²) < 4.78 is 27.9. The Balaban J connectivity index is 2.35. The van der Waals surface area contributed by atoms with E-state index in [9.17, 15) is 18.3 Å². The van der Waals surface area contributed by atoms with E-state index in [0.717, 1.165) is 9.54 Å². The highest BCUT2D eigenvalue weighted by Gasteiger charge is 2.22. The molecule has 0 bridgehead atoms. The first kappa shape index (κ1) is 15.5. The molecule has 0 unspecified atom stereocenters. The van der Waals surface area contributed by atoms with Gasteiger partial charge < -0.3 is 9.67 Å². The lowest BCUT2D eigenvalue weighted by Crippen LogP contribution is -2.22. The highest BCUT2D eigenvalue weighted by atomic mass is 32.2. The highest BCUT2D eigenvalue weighted by molar-refractivity contribution is 7.90. The number of hydrogen-bond acceptors (Lipinski definition) is 4. The molecule has 0 spiro atoms. The van der Waals surface area contributed by atoms with E-state index in [1.807, 2.05) is 6.92 Å². The Hall–Kier alpha value is -2.38. The van der Waals surface area contributed by atoms with Crippen molar-refractivity contribution in [3.05, 3.63) is 64.2 Å². The van der Waals surface area contributed by atoms with Gasteiger partial charge in [0.2, 0.25) is 0 Å². The molecule has 0 aliphatic carbocycles. The molecule has 2 heterocycles. The van der Waals surface area contributed by atoms with Crippen molar-refractivity contribution >= 4 is 20.9 Å². The number of hydrogen-bond donors (Lipinski definition) is 1. The van der Waals surface area contributed by atoms with Gasteiger partial charge in [-0.05, 0) is 25.1 Å². The predicted molar refractivity (Wildman–Crippen MR) is 86.9 cm³/mol. The van der Waals surface area contributed by atoms with Gasteiger partial charge in [0.1, 0.15) is 5.52 Å². The van der Waals surface area contributed by atoms with Crippen LogP contribution in [0, 0.1) is 6.92 Å². The maximum atomic E-state index is 12.8. The first-order valence-corrected chi connectivity index (χ1v) is 8.43. The van der Waals surface area contributed by atoms with Crippen LogP contribution in [0.5, 0.6) is 0 Å². The highest BCUT2D eigenvalue weighted by Crippen LogP contribution is 2.22. The van der Waals surface area contributed by atoms with Gasteiger partial charge in [0.05, 0.1) is 11.5 Å². The second kappa shape index (κ2) is 5.36. The number of benzene rings is 1. The number of nitrogens with zero attached hydrogens (tertiary/aromatic N) is 2. The Kier molecular flexibility index (Phi) is 3.62. The summed E-state index contributed by atoms with van der Waals surface area (Å²) in [5.41, 5.74) is 1.05. The van der Waals surface area contributed by atoms with Crippen molar-refractivity contribution in [3.8, 4) is 0 Å². The number of aromatic nitrogens is 2. The second-order valence-electron chi connectivity index (χ2n) is 5.42. The van der Waals surface area contributed by atoms with Crippen molar-refractivity contribution < 1.29 is 13.5 Å². The fourth-order valence-electron chi connectivity index (χ4n) is 2.56. The molecule has 23 heavy (non-hydrogen) atoms. The van der Waals surface area contributed by atoms with Gasteiger partial charge in [-0.1, -0.05) is 17.7 Å². The van der Waals surface area contributed by atoms with E-state index in [2.05, 4.69) is 0 Å². The number of aliphatic hydroxyl groups is 1. The van der Waals surface area contributed by atoms with E-state index in [4.69, 9.17) is 0 Å². The molecule has 1 aromatic carbocycles. The Morgan fingerprint density at radius 2 is 1.78 bits per heavy atom. The molecule has 0 amide bonds. The Morgan fingerprint density at radius 3 is 2.39 bits per heavy atom. The van der Waals surface area contributed by atoms with Crippen LogP contribution in [0.15, 0.2) is 52.4 Å². The molecule has 0 atom stereocenters. The average molecular weight is 332 g/mol. The van der Waals surface area contributed by atoms with Crippen molar-refractivity contribution in [3.63, 3.8) is 0 Å². The number of pyridine rings is 1. The molecule has 0 fully saturated rings. The van der Waals surface area contributed by atoms with Crippen LogP contribution in [0.25, 0.3) is 10.9 Å². The Morgan fingerprint density at radius 1 is 1.13 bits per heavy atom. The van der Waals surface area contributed by atoms with Crippen molar-refractivity contribution in [2.24, 2.45) is 7.05 Å². The summed E-state index contributed by atoms with van der Waals surface area (Å²) in [5.74, 6) is 0. The third kappa shape index (κ3) is 2.38. The molecule has 6 nitrogen and oxygen atoms in total. The molecule has 0 saturated heterocycles. The van der Waals surface area contributed by atoms with Gasteiger partial charge >= 0.3 is 0 Å². The summed E-state index contributed by atoms with van der Waals surface area (Å²) in [6.07, 6.45) is 2.86. The van der Waals surface area contributed by atoms with Crippen molar-refractivity contribution in [1.82, 2.24) is 8.54 Å². The minimum atomic E-state index is -3.88. The first-order chi connectivity index (χ1) is 10.9. The van der Waals surface area contributed by atoms with Crippen LogP contribution in [0.1, 0.15) is 11.1 Å². The summed E-state index contributed by atoms with van der Waals surface area (Å²) >= 11 is 0. The van der Waals surface area contributed by atoms with Gasteiger partial charge in [0.15, 0.2) is 0 Å². The Bertz CT molecular complexity index is 1040. The molecule has 1 N–H and O–H groups in total. The molecular weight excluding hydrogens is 316 g/mol. The summed E-state index contributed by atoms with van der Waals surface area (Å²) in [4.78, 5) is 12.5. The van der Waals surface area contributed by atoms with Crippen LogP contribution >= 0.6 is 0 Å². The standard InChI is InChI=1S/C16H16N2O4S/c1-11-3-5-13(6-4-11)23(21,22)18-8-7-14-12(10-19)9-17(2)16(20)15(14)18/h3-9,19H,10H2,1-2H3. The van der Waals surface area contributed by atoms with Crippen LogP contribution < -0.4 is 5.56 Å². The van der Waals surface area contributed by atoms with Crippen LogP contribution in [-0.4, -0.2) is 22.1 Å². The summed E-state index contributed by atoms with van der Waals surface area (Å²) in [5, 5.41) is 9.87. The van der Waals surface area contributed by atoms with Crippen molar-refractivity contribution in [2.75, 3.05) is 0 Å². The van der Waals surface area contributed by atoms with E-state index in [0.29, 0.717) is 10.9 Å². The normalized spacial score (nSPS) is 12.0. The third-order valence-electron chi connectivity index (χ3n) is 3.82. The third-order valence-corrected chi connectivity index (χ3v) is 5.51. The molecule has 3 aromatic rings. The molecule has 0 aliphatic heterocycles. The fourth-order valence-corrected chi connectivity index (χ4v) is 3.91.